The summed E-state index contributed by atoms with van der Waals surface area (Å²) in [5.41, 5.74) is 7.07. The van der Waals surface area contributed by atoms with E-state index in [0.29, 0.717) is 23.5 Å². The van der Waals surface area contributed by atoms with Crippen LogP contribution in [0.3, 0.4) is 0 Å². The van der Waals surface area contributed by atoms with E-state index < -0.39 is 10.0 Å². The van der Waals surface area contributed by atoms with Gasteiger partial charge in [-0.1, -0.05) is 44.7 Å². The predicted molar refractivity (Wildman–Crippen MR) is 84.0 cm³/mol. The first-order valence-corrected chi connectivity index (χ1v) is 8.97. The molecule has 2 N–H and O–H groups in total. The molecular formula is C15H22N2O3S. The quantitative estimate of drug-likeness (QED) is 0.785. The molecule has 0 atom stereocenters. The molecule has 0 spiro atoms. The summed E-state index contributed by atoms with van der Waals surface area (Å²) in [6.45, 7) is 2.79. The van der Waals surface area contributed by atoms with Crippen LogP contribution in [0.2, 0.25) is 0 Å². The summed E-state index contributed by atoms with van der Waals surface area (Å²) in [6, 6.07) is 5.35. The Morgan fingerprint density at radius 2 is 2.00 bits per heavy atom. The van der Waals surface area contributed by atoms with Gasteiger partial charge in [-0.2, -0.15) is 0 Å². The van der Waals surface area contributed by atoms with Gasteiger partial charge in [0.2, 0.25) is 0 Å². The lowest BCUT2D eigenvalue weighted by molar-refractivity contribution is 0.304. The highest BCUT2D eigenvalue weighted by atomic mass is 32.2. The standard InChI is InChI=1S/C15H22N2O3S/c1-2-3-4-5-6-10-20-13-9-7-8-12-11-21(18,19)17-15(16)14(12)13/h7-9H,2-6,10-11H2,1H3,(H2,16,17). The van der Waals surface area contributed by atoms with Gasteiger partial charge in [0.15, 0.2) is 0 Å². The molecule has 1 aromatic carbocycles. The van der Waals surface area contributed by atoms with Gasteiger partial charge in [-0.05, 0) is 18.1 Å². The van der Waals surface area contributed by atoms with Crippen LogP contribution in [-0.2, 0) is 15.8 Å². The molecule has 0 fully saturated rings. The molecule has 0 aliphatic carbocycles. The predicted octanol–water partition coefficient (Wildman–Crippen LogP) is 2.58. The van der Waals surface area contributed by atoms with E-state index in [-0.39, 0.29) is 11.6 Å². The molecule has 0 aromatic heterocycles. The highest BCUT2D eigenvalue weighted by molar-refractivity contribution is 7.89. The Morgan fingerprint density at radius 1 is 1.24 bits per heavy atom. The zero-order chi connectivity index (χ0) is 15.3. The normalized spacial score (nSPS) is 16.1. The van der Waals surface area contributed by atoms with Crippen LogP contribution in [0, 0.1) is 0 Å². The fourth-order valence-electron chi connectivity index (χ4n) is 2.42. The highest BCUT2D eigenvalue weighted by Gasteiger charge is 2.24. The zero-order valence-corrected chi connectivity index (χ0v) is 13.2. The third-order valence-corrected chi connectivity index (χ3v) is 4.60. The highest BCUT2D eigenvalue weighted by Crippen LogP contribution is 2.28. The second-order valence-electron chi connectivity index (χ2n) is 5.26. The molecular weight excluding hydrogens is 288 g/mol. The second-order valence-corrected chi connectivity index (χ2v) is 6.89. The molecule has 0 amide bonds. The van der Waals surface area contributed by atoms with Crippen LogP contribution >= 0.6 is 0 Å². The van der Waals surface area contributed by atoms with Crippen molar-refractivity contribution >= 4 is 15.9 Å². The summed E-state index contributed by atoms with van der Waals surface area (Å²) >= 11 is 0. The molecule has 0 saturated carbocycles. The first-order valence-electron chi connectivity index (χ1n) is 7.36. The van der Waals surface area contributed by atoms with Gasteiger partial charge in [-0.3, -0.25) is 0 Å². The third kappa shape index (κ3) is 4.20. The molecule has 0 bridgehead atoms. The van der Waals surface area contributed by atoms with Crippen molar-refractivity contribution in [3.8, 4) is 5.75 Å². The van der Waals surface area contributed by atoms with E-state index in [1.807, 2.05) is 6.07 Å². The van der Waals surface area contributed by atoms with Gasteiger partial charge < -0.3 is 10.5 Å². The Kier molecular flexibility index (Phi) is 5.22. The summed E-state index contributed by atoms with van der Waals surface area (Å²) in [4.78, 5) is 0. The van der Waals surface area contributed by atoms with Gasteiger partial charge in [0.25, 0.3) is 10.0 Å². The molecule has 1 aliphatic heterocycles. The molecule has 0 radical (unpaired) electrons. The van der Waals surface area contributed by atoms with Crippen LogP contribution in [0.5, 0.6) is 5.75 Å². The van der Waals surface area contributed by atoms with Crippen LogP contribution in [0.15, 0.2) is 22.6 Å². The molecule has 0 unspecified atom stereocenters. The number of fused-ring (bicyclic) bond motifs is 1. The Morgan fingerprint density at radius 3 is 2.76 bits per heavy atom. The smallest absolute Gasteiger partial charge is 0.259 e. The lowest BCUT2D eigenvalue weighted by Crippen LogP contribution is -2.24. The van der Waals surface area contributed by atoms with E-state index in [1.54, 1.807) is 12.1 Å². The number of hydrogen-bond donors (Lipinski definition) is 1. The molecule has 1 aromatic rings. The molecule has 2 rings (SSSR count). The van der Waals surface area contributed by atoms with Gasteiger partial charge in [-0.15, -0.1) is 4.40 Å². The monoisotopic (exact) mass is 310 g/mol. The average Bonchev–Trinajstić information content (AvgIpc) is 2.41. The minimum atomic E-state index is -3.49. The summed E-state index contributed by atoms with van der Waals surface area (Å²) in [7, 11) is -3.49. The van der Waals surface area contributed by atoms with Crippen molar-refractivity contribution in [2.24, 2.45) is 10.1 Å². The summed E-state index contributed by atoms with van der Waals surface area (Å²) in [6.07, 6.45) is 5.81. The van der Waals surface area contributed by atoms with Gasteiger partial charge in [0, 0.05) is 0 Å². The van der Waals surface area contributed by atoms with E-state index in [4.69, 9.17) is 10.5 Å². The van der Waals surface area contributed by atoms with Crippen LogP contribution in [-0.4, -0.2) is 20.9 Å². The molecule has 0 saturated heterocycles. The van der Waals surface area contributed by atoms with Crippen molar-refractivity contribution in [2.75, 3.05) is 6.61 Å². The number of nitrogens with zero attached hydrogens (tertiary/aromatic N) is 1. The molecule has 1 aliphatic rings. The van der Waals surface area contributed by atoms with Crippen molar-refractivity contribution in [1.29, 1.82) is 0 Å². The van der Waals surface area contributed by atoms with E-state index in [9.17, 15) is 8.42 Å². The molecule has 6 heteroatoms. The van der Waals surface area contributed by atoms with Crippen molar-refractivity contribution in [3.63, 3.8) is 0 Å². The lowest BCUT2D eigenvalue weighted by Gasteiger charge is -2.18. The van der Waals surface area contributed by atoms with Crippen molar-refractivity contribution < 1.29 is 13.2 Å². The number of nitrogens with two attached hydrogens (primary N) is 1. The van der Waals surface area contributed by atoms with Crippen molar-refractivity contribution in [1.82, 2.24) is 0 Å². The average molecular weight is 310 g/mol. The van der Waals surface area contributed by atoms with Crippen LogP contribution < -0.4 is 10.5 Å². The van der Waals surface area contributed by atoms with E-state index >= 15 is 0 Å². The Labute approximate surface area is 126 Å². The maximum absolute atomic E-state index is 11.6. The Hall–Kier alpha value is -1.56. The summed E-state index contributed by atoms with van der Waals surface area (Å²) < 4.78 is 32.5. The maximum Gasteiger partial charge on any atom is 0.259 e. The van der Waals surface area contributed by atoms with E-state index in [1.165, 1.54) is 19.3 Å². The Bertz CT molecular complexity index is 624. The number of ether oxygens (including phenoxy) is 1. The SMILES string of the molecule is CCCCCCCOc1cccc2c1C(N)=NS(=O)(=O)C2. The number of rotatable bonds is 7. The fraction of sp³-hybridized carbons (Fsp3) is 0.533. The Balaban J connectivity index is 2.03. The number of unbranched alkanes of at least 4 members (excludes halogenated alkanes) is 4. The number of benzene rings is 1. The second kappa shape index (κ2) is 6.93. The molecule has 1 heterocycles. The van der Waals surface area contributed by atoms with Crippen LogP contribution in [0.25, 0.3) is 0 Å². The molecule has 116 valence electrons. The lowest BCUT2D eigenvalue weighted by atomic mass is 10.1. The van der Waals surface area contributed by atoms with Gasteiger partial charge in [0.05, 0.1) is 17.9 Å². The largest absolute Gasteiger partial charge is 0.493 e. The van der Waals surface area contributed by atoms with E-state index in [0.717, 1.165) is 12.8 Å². The fourth-order valence-corrected chi connectivity index (χ4v) is 3.51. The van der Waals surface area contributed by atoms with Crippen LogP contribution in [0.1, 0.15) is 50.2 Å². The first kappa shape index (κ1) is 15.8. The first-order chi connectivity index (χ1) is 10.0. The van der Waals surface area contributed by atoms with Gasteiger partial charge in [-0.25, -0.2) is 8.42 Å². The third-order valence-electron chi connectivity index (χ3n) is 3.45. The molecule has 21 heavy (non-hydrogen) atoms. The zero-order valence-electron chi connectivity index (χ0n) is 12.3. The van der Waals surface area contributed by atoms with Crippen molar-refractivity contribution in [3.05, 3.63) is 29.3 Å². The number of sulfonamides is 1. The minimum absolute atomic E-state index is 0.0258. The van der Waals surface area contributed by atoms with E-state index in [2.05, 4.69) is 11.3 Å². The summed E-state index contributed by atoms with van der Waals surface area (Å²) in [5.74, 6) is 0.536. The van der Waals surface area contributed by atoms with Gasteiger partial charge in [0.1, 0.15) is 11.6 Å². The topological polar surface area (TPSA) is 81.8 Å². The maximum atomic E-state index is 11.6. The number of amidine groups is 1. The molecule has 5 nitrogen and oxygen atoms in total. The summed E-state index contributed by atoms with van der Waals surface area (Å²) in [5, 5.41) is 0. The van der Waals surface area contributed by atoms with Crippen molar-refractivity contribution in [2.45, 2.75) is 44.8 Å². The van der Waals surface area contributed by atoms with Crippen LogP contribution in [0.4, 0.5) is 0 Å². The minimum Gasteiger partial charge on any atom is -0.493 e. The van der Waals surface area contributed by atoms with Gasteiger partial charge >= 0.3 is 0 Å². The number of hydrogen-bond acceptors (Lipinski definition) is 4.